The number of hydrogen-bond donors (Lipinski definition) is 1. The van der Waals surface area contributed by atoms with Crippen molar-refractivity contribution in [2.24, 2.45) is 0 Å². The van der Waals surface area contributed by atoms with Crippen molar-refractivity contribution in [1.82, 2.24) is 0 Å². The standard InChI is InChI=1S/C23H32N2O/c1-18(25(2)22-15-9-10-16-23(22)26-3)17-19-11-7-8-14-21(19)24-20-12-5-4-6-13-20/h7-11,14-16,18,20,24H,4-6,12-13,17H2,1-3H3. The van der Waals surface area contributed by atoms with E-state index in [0.717, 1.165) is 17.9 Å². The average molecular weight is 353 g/mol. The number of nitrogens with one attached hydrogen (secondary N) is 1. The first kappa shape index (κ1) is 18.6. The molecule has 26 heavy (non-hydrogen) atoms. The highest BCUT2D eigenvalue weighted by molar-refractivity contribution is 5.59. The topological polar surface area (TPSA) is 24.5 Å². The minimum Gasteiger partial charge on any atom is -0.495 e. The maximum Gasteiger partial charge on any atom is 0.142 e. The van der Waals surface area contributed by atoms with E-state index in [1.165, 1.54) is 43.4 Å². The summed E-state index contributed by atoms with van der Waals surface area (Å²) in [5, 5.41) is 3.81. The van der Waals surface area contributed by atoms with E-state index in [1.807, 2.05) is 12.1 Å². The summed E-state index contributed by atoms with van der Waals surface area (Å²) in [4.78, 5) is 2.32. The van der Waals surface area contributed by atoms with Gasteiger partial charge in [0, 0.05) is 24.8 Å². The van der Waals surface area contributed by atoms with Crippen LogP contribution >= 0.6 is 0 Å². The first-order chi connectivity index (χ1) is 12.7. The lowest BCUT2D eigenvalue weighted by Crippen LogP contribution is -2.31. The van der Waals surface area contributed by atoms with Gasteiger partial charge in [0.15, 0.2) is 0 Å². The Balaban J connectivity index is 1.71. The van der Waals surface area contributed by atoms with Crippen molar-refractivity contribution in [3.8, 4) is 5.75 Å². The maximum atomic E-state index is 5.54. The molecule has 3 nitrogen and oxygen atoms in total. The van der Waals surface area contributed by atoms with Gasteiger partial charge in [0.05, 0.1) is 12.8 Å². The Labute approximate surface area is 158 Å². The quantitative estimate of drug-likeness (QED) is 0.711. The van der Waals surface area contributed by atoms with Crippen molar-refractivity contribution in [3.63, 3.8) is 0 Å². The summed E-state index contributed by atoms with van der Waals surface area (Å²) >= 11 is 0. The molecule has 0 amide bonds. The van der Waals surface area contributed by atoms with Gasteiger partial charge in [0.1, 0.15) is 5.75 Å². The van der Waals surface area contributed by atoms with E-state index in [1.54, 1.807) is 7.11 Å². The largest absolute Gasteiger partial charge is 0.495 e. The van der Waals surface area contributed by atoms with Crippen LogP contribution in [0.1, 0.15) is 44.6 Å². The molecule has 0 saturated heterocycles. The van der Waals surface area contributed by atoms with Gasteiger partial charge in [-0.15, -0.1) is 0 Å². The lowest BCUT2D eigenvalue weighted by molar-refractivity contribution is 0.413. The van der Waals surface area contributed by atoms with Gasteiger partial charge in [-0.3, -0.25) is 0 Å². The number of ether oxygens (including phenoxy) is 1. The molecule has 1 aliphatic rings. The van der Waals surface area contributed by atoms with Crippen LogP contribution in [0.5, 0.6) is 5.75 Å². The second-order valence-corrected chi connectivity index (χ2v) is 7.47. The number of methoxy groups -OCH3 is 1. The highest BCUT2D eigenvalue weighted by Crippen LogP contribution is 2.30. The molecule has 1 unspecified atom stereocenters. The molecular formula is C23H32N2O. The number of hydrogen-bond acceptors (Lipinski definition) is 3. The minimum absolute atomic E-state index is 0.376. The van der Waals surface area contributed by atoms with E-state index in [4.69, 9.17) is 4.74 Å². The molecule has 2 aromatic rings. The highest BCUT2D eigenvalue weighted by atomic mass is 16.5. The fraction of sp³-hybridized carbons (Fsp3) is 0.478. The SMILES string of the molecule is COc1ccccc1N(C)C(C)Cc1ccccc1NC1CCCCC1. The Morgan fingerprint density at radius 3 is 2.50 bits per heavy atom. The third kappa shape index (κ3) is 4.51. The Hall–Kier alpha value is -2.16. The van der Waals surface area contributed by atoms with Crippen LogP contribution in [0.15, 0.2) is 48.5 Å². The summed E-state index contributed by atoms with van der Waals surface area (Å²) in [5.74, 6) is 0.926. The summed E-state index contributed by atoms with van der Waals surface area (Å²) in [7, 11) is 3.89. The number of benzene rings is 2. The van der Waals surface area contributed by atoms with E-state index in [2.05, 4.69) is 60.6 Å². The van der Waals surface area contributed by atoms with E-state index >= 15 is 0 Å². The van der Waals surface area contributed by atoms with Crippen molar-refractivity contribution < 1.29 is 4.74 Å². The van der Waals surface area contributed by atoms with Crippen LogP contribution in [0.2, 0.25) is 0 Å². The molecule has 1 aliphatic carbocycles. The van der Waals surface area contributed by atoms with Crippen molar-refractivity contribution in [1.29, 1.82) is 0 Å². The maximum absolute atomic E-state index is 5.54. The average Bonchev–Trinajstić information content (AvgIpc) is 2.69. The summed E-state index contributed by atoms with van der Waals surface area (Å²) in [6.45, 7) is 2.28. The molecule has 3 rings (SSSR count). The molecule has 0 radical (unpaired) electrons. The fourth-order valence-corrected chi connectivity index (χ4v) is 3.92. The number of para-hydroxylation sites is 3. The van der Waals surface area contributed by atoms with Crippen LogP contribution in [0, 0.1) is 0 Å². The number of nitrogens with zero attached hydrogens (tertiary/aromatic N) is 1. The molecule has 0 aliphatic heterocycles. The molecule has 1 fully saturated rings. The van der Waals surface area contributed by atoms with Crippen molar-refractivity contribution in [3.05, 3.63) is 54.1 Å². The predicted molar refractivity (Wildman–Crippen MR) is 112 cm³/mol. The molecule has 0 bridgehead atoms. The lowest BCUT2D eigenvalue weighted by atomic mass is 9.94. The van der Waals surface area contributed by atoms with Gasteiger partial charge in [0.2, 0.25) is 0 Å². The van der Waals surface area contributed by atoms with Crippen LogP contribution in [-0.2, 0) is 6.42 Å². The van der Waals surface area contributed by atoms with Crippen LogP contribution < -0.4 is 15.0 Å². The summed E-state index contributed by atoms with van der Waals surface area (Å²) in [6, 6.07) is 18.0. The molecule has 1 atom stereocenters. The molecule has 1 saturated carbocycles. The third-order valence-electron chi connectivity index (χ3n) is 5.62. The molecule has 0 aromatic heterocycles. The smallest absolute Gasteiger partial charge is 0.142 e. The van der Waals surface area contributed by atoms with Crippen LogP contribution in [-0.4, -0.2) is 26.2 Å². The monoisotopic (exact) mass is 352 g/mol. The van der Waals surface area contributed by atoms with Crippen molar-refractivity contribution >= 4 is 11.4 Å². The van der Waals surface area contributed by atoms with Gasteiger partial charge < -0.3 is 15.0 Å². The first-order valence-electron chi connectivity index (χ1n) is 9.89. The zero-order chi connectivity index (χ0) is 18.4. The number of rotatable bonds is 7. The van der Waals surface area contributed by atoms with Gasteiger partial charge in [-0.05, 0) is 49.9 Å². The van der Waals surface area contributed by atoms with E-state index < -0.39 is 0 Å². The second kappa shape index (κ2) is 8.98. The van der Waals surface area contributed by atoms with E-state index in [-0.39, 0.29) is 0 Å². The summed E-state index contributed by atoms with van der Waals surface area (Å²) < 4.78 is 5.54. The van der Waals surface area contributed by atoms with Crippen LogP contribution in [0.25, 0.3) is 0 Å². The van der Waals surface area contributed by atoms with Gasteiger partial charge in [-0.1, -0.05) is 49.6 Å². The van der Waals surface area contributed by atoms with Gasteiger partial charge in [-0.2, -0.15) is 0 Å². The molecule has 2 aromatic carbocycles. The predicted octanol–water partition coefficient (Wildman–Crippen LogP) is 5.51. The van der Waals surface area contributed by atoms with E-state index in [0.29, 0.717) is 12.1 Å². The van der Waals surface area contributed by atoms with Crippen molar-refractivity contribution in [2.45, 2.75) is 57.5 Å². The van der Waals surface area contributed by atoms with Crippen LogP contribution in [0.4, 0.5) is 11.4 Å². The number of likely N-dealkylation sites (N-methyl/N-ethyl adjacent to an activating group) is 1. The Kier molecular flexibility index (Phi) is 6.43. The van der Waals surface area contributed by atoms with Crippen LogP contribution in [0.3, 0.4) is 0 Å². The molecule has 1 N–H and O–H groups in total. The molecule has 0 heterocycles. The Morgan fingerprint density at radius 1 is 1.04 bits per heavy atom. The third-order valence-corrected chi connectivity index (χ3v) is 5.62. The number of anilines is 2. The van der Waals surface area contributed by atoms with Gasteiger partial charge >= 0.3 is 0 Å². The Bertz CT molecular complexity index is 694. The van der Waals surface area contributed by atoms with E-state index in [9.17, 15) is 0 Å². The normalized spacial score (nSPS) is 16.1. The fourth-order valence-electron chi connectivity index (χ4n) is 3.92. The zero-order valence-electron chi connectivity index (χ0n) is 16.4. The lowest BCUT2D eigenvalue weighted by Gasteiger charge is -2.30. The minimum atomic E-state index is 0.376. The molecule has 0 spiro atoms. The van der Waals surface area contributed by atoms with Gasteiger partial charge in [0.25, 0.3) is 0 Å². The second-order valence-electron chi connectivity index (χ2n) is 7.47. The summed E-state index contributed by atoms with van der Waals surface area (Å²) in [5.41, 5.74) is 3.84. The highest BCUT2D eigenvalue weighted by Gasteiger charge is 2.18. The summed E-state index contributed by atoms with van der Waals surface area (Å²) in [6.07, 6.45) is 7.70. The zero-order valence-corrected chi connectivity index (χ0v) is 16.4. The molecule has 140 valence electrons. The Morgan fingerprint density at radius 2 is 1.73 bits per heavy atom. The van der Waals surface area contributed by atoms with Crippen molar-refractivity contribution in [2.75, 3.05) is 24.4 Å². The molecular weight excluding hydrogens is 320 g/mol. The molecule has 3 heteroatoms. The first-order valence-corrected chi connectivity index (χ1v) is 9.89. The van der Waals surface area contributed by atoms with Gasteiger partial charge in [-0.25, -0.2) is 0 Å².